The summed E-state index contributed by atoms with van der Waals surface area (Å²) in [5, 5.41) is 0.731. The van der Waals surface area contributed by atoms with Crippen molar-refractivity contribution in [2.24, 2.45) is 0 Å². The van der Waals surface area contributed by atoms with E-state index in [1.807, 2.05) is 0 Å². The van der Waals surface area contributed by atoms with Crippen molar-refractivity contribution in [3.8, 4) is 0 Å². The predicted molar refractivity (Wildman–Crippen MR) is 80.4 cm³/mol. The minimum atomic E-state index is -8.38. The Morgan fingerprint density at radius 1 is 0.647 bits per heavy atom. The minimum Gasteiger partial charge on any atom is -0.445 e. The van der Waals surface area contributed by atoms with Crippen molar-refractivity contribution in [1.29, 1.82) is 0 Å². The van der Waals surface area contributed by atoms with E-state index >= 15 is 0 Å². The highest BCUT2D eigenvalue weighted by molar-refractivity contribution is 5.67. The summed E-state index contributed by atoms with van der Waals surface area (Å²) < 4.78 is 200. The molecule has 0 aliphatic carbocycles. The van der Waals surface area contributed by atoms with Crippen LogP contribution in [0.4, 0.5) is 70.7 Å². The summed E-state index contributed by atoms with van der Waals surface area (Å²) in [5.74, 6) is -47.2. The highest BCUT2D eigenvalue weighted by Crippen LogP contribution is 2.62. The number of ether oxygens (including phenoxy) is 1. The number of alkyl carbamates (subject to hydrolysis) is 1. The summed E-state index contributed by atoms with van der Waals surface area (Å²) in [4.78, 5) is 11.2. The standard InChI is InChI=1S/C16H10F15NO2/c17-10(18,7-32-9(33)34-6-8-4-2-1-3-5-8)11(19,20)12(21,22)13(23,24)14(25,26)15(27,28)16(29,30)31/h1-5H,6-7H2,(H,32,33). The molecule has 1 aromatic rings. The van der Waals surface area contributed by atoms with Crippen molar-refractivity contribution in [2.75, 3.05) is 6.54 Å². The predicted octanol–water partition coefficient (Wildman–Crippen LogP) is 6.29. The average molecular weight is 533 g/mol. The third-order valence-electron chi connectivity index (χ3n) is 4.06. The molecule has 0 atom stereocenters. The number of carbonyl (C=O) groups is 1. The maximum Gasteiger partial charge on any atom is 0.460 e. The molecular weight excluding hydrogens is 523 g/mol. The van der Waals surface area contributed by atoms with Crippen LogP contribution in [0.15, 0.2) is 30.3 Å². The maximum atomic E-state index is 13.6. The zero-order valence-electron chi connectivity index (χ0n) is 15.8. The van der Waals surface area contributed by atoms with Crippen LogP contribution in [0.5, 0.6) is 0 Å². The Hall–Kier alpha value is -2.56. The third-order valence-corrected chi connectivity index (χ3v) is 4.06. The molecule has 0 spiro atoms. The van der Waals surface area contributed by atoms with Crippen LogP contribution in [0, 0.1) is 0 Å². The Kier molecular flexibility index (Phi) is 7.72. The van der Waals surface area contributed by atoms with Crippen LogP contribution in [0.1, 0.15) is 5.56 Å². The largest absolute Gasteiger partial charge is 0.460 e. The number of benzene rings is 1. The second-order valence-electron chi connectivity index (χ2n) is 6.49. The molecule has 18 heteroatoms. The molecule has 0 saturated carbocycles. The number of amides is 1. The highest BCUT2D eigenvalue weighted by atomic mass is 19.4. The third kappa shape index (κ3) is 4.80. The lowest BCUT2D eigenvalue weighted by atomic mass is 9.91. The van der Waals surface area contributed by atoms with Crippen LogP contribution in [-0.4, -0.2) is 54.3 Å². The summed E-state index contributed by atoms with van der Waals surface area (Å²) in [6.07, 6.45) is -9.69. The number of rotatable bonds is 9. The van der Waals surface area contributed by atoms with Gasteiger partial charge in [0.2, 0.25) is 0 Å². The van der Waals surface area contributed by atoms with Gasteiger partial charge in [-0.05, 0) is 5.56 Å². The van der Waals surface area contributed by atoms with E-state index in [4.69, 9.17) is 0 Å². The minimum absolute atomic E-state index is 0.189. The molecule has 0 aliphatic heterocycles. The van der Waals surface area contributed by atoms with Crippen LogP contribution in [0.3, 0.4) is 0 Å². The smallest absolute Gasteiger partial charge is 0.445 e. The number of alkyl halides is 15. The summed E-state index contributed by atoms with van der Waals surface area (Å²) in [7, 11) is 0. The first-order chi connectivity index (χ1) is 15.0. The van der Waals surface area contributed by atoms with Gasteiger partial charge in [-0.2, -0.15) is 65.9 Å². The highest BCUT2D eigenvalue weighted by Gasteiger charge is 2.93. The van der Waals surface area contributed by atoms with Gasteiger partial charge in [-0.25, -0.2) is 4.79 Å². The monoisotopic (exact) mass is 533 g/mol. The SMILES string of the molecule is O=C(NCC(F)(F)C(F)(F)C(F)(F)C(F)(F)C(F)(F)C(F)(F)C(F)(F)F)OCc1ccccc1. The first-order valence-corrected chi connectivity index (χ1v) is 8.25. The normalized spacial score (nSPS) is 14.7. The van der Waals surface area contributed by atoms with Crippen molar-refractivity contribution >= 4 is 6.09 Å². The molecule has 3 nitrogen and oxygen atoms in total. The van der Waals surface area contributed by atoms with Gasteiger partial charge in [0.25, 0.3) is 0 Å². The summed E-state index contributed by atoms with van der Waals surface area (Å²) in [6, 6.07) is 6.87. The van der Waals surface area contributed by atoms with Crippen molar-refractivity contribution < 1.29 is 75.4 Å². The Morgan fingerprint density at radius 3 is 1.50 bits per heavy atom. The molecule has 0 unspecified atom stereocenters. The van der Waals surface area contributed by atoms with Crippen LogP contribution < -0.4 is 5.32 Å². The van der Waals surface area contributed by atoms with Gasteiger partial charge in [-0.1, -0.05) is 30.3 Å². The number of nitrogens with one attached hydrogen (secondary N) is 1. The molecule has 1 amide bonds. The zero-order valence-corrected chi connectivity index (χ0v) is 15.8. The molecular formula is C16H10F15NO2. The fraction of sp³-hybridized carbons (Fsp3) is 0.562. The van der Waals surface area contributed by atoms with E-state index in [2.05, 4.69) is 4.74 Å². The van der Waals surface area contributed by atoms with Crippen molar-refractivity contribution in [2.45, 2.75) is 48.3 Å². The lowest BCUT2D eigenvalue weighted by Gasteiger charge is -2.41. The number of hydrogen-bond donors (Lipinski definition) is 1. The molecule has 0 bridgehead atoms. The van der Waals surface area contributed by atoms with Gasteiger partial charge in [0.05, 0.1) is 6.54 Å². The average Bonchev–Trinajstić information content (AvgIpc) is 2.70. The van der Waals surface area contributed by atoms with Gasteiger partial charge >= 0.3 is 47.8 Å². The molecule has 34 heavy (non-hydrogen) atoms. The molecule has 1 rings (SSSR count). The van der Waals surface area contributed by atoms with Gasteiger partial charge in [0.1, 0.15) is 6.61 Å². The maximum absolute atomic E-state index is 13.6. The van der Waals surface area contributed by atoms with Crippen molar-refractivity contribution in [1.82, 2.24) is 5.32 Å². The zero-order chi connectivity index (χ0) is 27.0. The van der Waals surface area contributed by atoms with E-state index in [0.29, 0.717) is 0 Å². The van der Waals surface area contributed by atoms with E-state index in [1.165, 1.54) is 30.3 Å². The van der Waals surface area contributed by atoms with E-state index in [-0.39, 0.29) is 5.56 Å². The summed E-state index contributed by atoms with van der Waals surface area (Å²) >= 11 is 0. The Balaban J connectivity index is 3.12. The first-order valence-electron chi connectivity index (χ1n) is 8.25. The molecule has 0 radical (unpaired) electrons. The van der Waals surface area contributed by atoms with Crippen LogP contribution >= 0.6 is 0 Å². The topological polar surface area (TPSA) is 38.3 Å². The second kappa shape index (κ2) is 8.90. The Labute approximate surface area is 178 Å². The summed E-state index contributed by atoms with van der Waals surface area (Å²) in [5.41, 5.74) is 0.189. The fourth-order valence-electron chi connectivity index (χ4n) is 2.07. The van der Waals surface area contributed by atoms with Gasteiger partial charge < -0.3 is 10.1 Å². The molecule has 196 valence electrons. The van der Waals surface area contributed by atoms with E-state index in [0.717, 1.165) is 5.32 Å². The molecule has 0 saturated heterocycles. The van der Waals surface area contributed by atoms with E-state index in [9.17, 15) is 70.7 Å². The van der Waals surface area contributed by atoms with Crippen LogP contribution in [0.25, 0.3) is 0 Å². The van der Waals surface area contributed by atoms with Gasteiger partial charge in [-0.15, -0.1) is 0 Å². The first kappa shape index (κ1) is 29.5. The summed E-state index contributed by atoms with van der Waals surface area (Å²) in [6.45, 7) is -3.71. The second-order valence-corrected chi connectivity index (χ2v) is 6.49. The molecule has 1 aromatic carbocycles. The molecule has 1 N–H and O–H groups in total. The van der Waals surface area contributed by atoms with Crippen LogP contribution in [-0.2, 0) is 11.3 Å². The van der Waals surface area contributed by atoms with E-state index in [1.54, 1.807) is 0 Å². The molecule has 0 aliphatic rings. The van der Waals surface area contributed by atoms with Gasteiger partial charge in [-0.3, -0.25) is 0 Å². The van der Waals surface area contributed by atoms with Gasteiger partial charge in [0, 0.05) is 0 Å². The number of carbonyl (C=O) groups excluding carboxylic acids is 1. The fourth-order valence-corrected chi connectivity index (χ4v) is 2.07. The molecule has 0 heterocycles. The molecule has 0 aromatic heterocycles. The number of hydrogen-bond acceptors (Lipinski definition) is 2. The lowest BCUT2D eigenvalue weighted by molar-refractivity contribution is -0.451. The lowest BCUT2D eigenvalue weighted by Crippen LogP contribution is -2.73. The Morgan fingerprint density at radius 2 is 1.06 bits per heavy atom. The van der Waals surface area contributed by atoms with Crippen molar-refractivity contribution in [3.63, 3.8) is 0 Å². The number of halogens is 15. The Bertz CT molecular complexity index is 852. The van der Waals surface area contributed by atoms with Gasteiger partial charge in [0.15, 0.2) is 0 Å². The van der Waals surface area contributed by atoms with Crippen molar-refractivity contribution in [3.05, 3.63) is 35.9 Å². The van der Waals surface area contributed by atoms with E-state index < -0.39 is 61.0 Å². The van der Waals surface area contributed by atoms with Crippen LogP contribution in [0.2, 0.25) is 0 Å². The quantitative estimate of drug-likeness (QED) is 0.380. The molecule has 0 fully saturated rings.